The molecule has 4 rings (SSSR count). The highest BCUT2D eigenvalue weighted by Crippen LogP contribution is 2.37. The van der Waals surface area contributed by atoms with Crippen molar-refractivity contribution in [1.29, 1.82) is 0 Å². The zero-order chi connectivity index (χ0) is 18.8. The molecule has 3 N–H and O–H groups in total. The number of aryl methyl sites for hydroxylation is 1. The van der Waals surface area contributed by atoms with Gasteiger partial charge in [-0.2, -0.15) is 0 Å². The highest BCUT2D eigenvalue weighted by molar-refractivity contribution is 5.82. The van der Waals surface area contributed by atoms with Crippen molar-refractivity contribution < 1.29 is 0 Å². The minimum atomic E-state index is 0.508. The van der Waals surface area contributed by atoms with E-state index in [1.54, 1.807) is 6.33 Å². The molecule has 0 spiro atoms. The first-order valence-electron chi connectivity index (χ1n) is 9.46. The van der Waals surface area contributed by atoms with E-state index in [1.807, 2.05) is 0 Å². The minimum absolute atomic E-state index is 0.508. The lowest BCUT2D eigenvalue weighted by atomic mass is 10.0. The number of aromatic nitrogens is 2. The Morgan fingerprint density at radius 1 is 1.04 bits per heavy atom. The summed E-state index contributed by atoms with van der Waals surface area (Å²) in [6.45, 7) is 5.28. The molecule has 1 aliphatic rings. The molecule has 0 amide bonds. The van der Waals surface area contributed by atoms with Crippen LogP contribution in [0.15, 0.2) is 54.9 Å². The van der Waals surface area contributed by atoms with Crippen LogP contribution in [-0.2, 0) is 6.42 Å². The Morgan fingerprint density at radius 2 is 1.81 bits per heavy atom. The van der Waals surface area contributed by atoms with Crippen LogP contribution in [0.2, 0.25) is 0 Å². The summed E-state index contributed by atoms with van der Waals surface area (Å²) < 4.78 is 0. The van der Waals surface area contributed by atoms with Crippen LogP contribution in [0.1, 0.15) is 37.3 Å². The van der Waals surface area contributed by atoms with Gasteiger partial charge in [-0.25, -0.2) is 9.97 Å². The lowest BCUT2D eigenvalue weighted by Crippen LogP contribution is -2.26. The van der Waals surface area contributed by atoms with Crippen LogP contribution in [0.4, 0.5) is 28.7 Å². The SMILES string of the molecule is CC(C)c1ccc(Nc2ncnc(N3CCCc4ccccc43)c2N)cc1. The fourth-order valence-corrected chi connectivity index (χ4v) is 3.54. The second kappa shape index (κ2) is 7.27. The van der Waals surface area contributed by atoms with Gasteiger partial charge >= 0.3 is 0 Å². The quantitative estimate of drug-likeness (QED) is 0.685. The number of hydrogen-bond donors (Lipinski definition) is 2. The number of nitrogens with zero attached hydrogens (tertiary/aromatic N) is 3. The number of hydrogen-bond acceptors (Lipinski definition) is 5. The lowest BCUT2D eigenvalue weighted by molar-refractivity contribution is 0.759. The summed E-state index contributed by atoms with van der Waals surface area (Å²) in [4.78, 5) is 11.1. The van der Waals surface area contributed by atoms with E-state index in [0.717, 1.165) is 30.9 Å². The number of para-hydroxylation sites is 1. The van der Waals surface area contributed by atoms with Crippen molar-refractivity contribution in [1.82, 2.24) is 9.97 Å². The van der Waals surface area contributed by atoms with Crippen molar-refractivity contribution in [2.75, 3.05) is 22.5 Å². The Hall–Kier alpha value is -3.08. The summed E-state index contributed by atoms with van der Waals surface area (Å²) in [7, 11) is 0. The third kappa shape index (κ3) is 3.45. The Balaban J connectivity index is 1.64. The summed E-state index contributed by atoms with van der Waals surface area (Å²) in [5, 5.41) is 3.34. The first kappa shape index (κ1) is 17.3. The largest absolute Gasteiger partial charge is 0.393 e. The molecule has 0 bridgehead atoms. The summed E-state index contributed by atoms with van der Waals surface area (Å²) in [5.41, 5.74) is 11.8. The Kier molecular flexibility index (Phi) is 4.67. The molecule has 2 heterocycles. The predicted octanol–water partition coefficient (Wildman–Crippen LogP) is 5.01. The van der Waals surface area contributed by atoms with E-state index in [-0.39, 0.29) is 0 Å². The summed E-state index contributed by atoms with van der Waals surface area (Å²) >= 11 is 0. The molecule has 0 unspecified atom stereocenters. The molecule has 1 aromatic heterocycles. The maximum atomic E-state index is 6.47. The van der Waals surface area contributed by atoms with E-state index >= 15 is 0 Å². The highest BCUT2D eigenvalue weighted by Gasteiger charge is 2.22. The standard InChI is InChI=1S/C22H25N5/c1-15(2)16-9-11-18(12-10-16)26-21-20(23)22(25-14-24-21)27-13-5-7-17-6-3-4-8-19(17)27/h3-4,6,8-12,14-15H,5,7,13,23H2,1-2H3,(H,24,25,26). The van der Waals surface area contributed by atoms with E-state index in [2.05, 4.69) is 82.6 Å². The average Bonchev–Trinajstić information content (AvgIpc) is 2.70. The third-order valence-corrected chi connectivity index (χ3v) is 5.07. The van der Waals surface area contributed by atoms with Gasteiger partial charge in [0.1, 0.15) is 12.0 Å². The van der Waals surface area contributed by atoms with Gasteiger partial charge in [-0.15, -0.1) is 0 Å². The molecule has 138 valence electrons. The molecular formula is C22H25N5. The van der Waals surface area contributed by atoms with Gasteiger partial charge in [-0.05, 0) is 48.1 Å². The second-order valence-electron chi connectivity index (χ2n) is 7.25. The van der Waals surface area contributed by atoms with Crippen molar-refractivity contribution in [2.45, 2.75) is 32.6 Å². The van der Waals surface area contributed by atoms with Gasteiger partial charge in [0.2, 0.25) is 0 Å². The van der Waals surface area contributed by atoms with Crippen molar-refractivity contribution in [3.63, 3.8) is 0 Å². The van der Waals surface area contributed by atoms with Gasteiger partial charge < -0.3 is 16.0 Å². The van der Waals surface area contributed by atoms with Crippen LogP contribution in [-0.4, -0.2) is 16.5 Å². The van der Waals surface area contributed by atoms with Crippen LogP contribution in [0.5, 0.6) is 0 Å². The first-order valence-corrected chi connectivity index (χ1v) is 9.46. The number of nitrogens with two attached hydrogens (primary N) is 1. The van der Waals surface area contributed by atoms with Gasteiger partial charge in [-0.1, -0.05) is 44.2 Å². The topological polar surface area (TPSA) is 67.1 Å². The normalized spacial score (nSPS) is 13.5. The van der Waals surface area contributed by atoms with Crippen LogP contribution in [0.3, 0.4) is 0 Å². The molecule has 0 radical (unpaired) electrons. The molecule has 1 aliphatic heterocycles. The zero-order valence-corrected chi connectivity index (χ0v) is 15.8. The molecule has 5 nitrogen and oxygen atoms in total. The van der Waals surface area contributed by atoms with Crippen molar-refractivity contribution in [3.05, 3.63) is 66.0 Å². The number of fused-ring (bicyclic) bond motifs is 1. The van der Waals surface area contributed by atoms with Crippen LogP contribution in [0, 0.1) is 0 Å². The Labute approximate surface area is 160 Å². The summed E-state index contributed by atoms with van der Waals surface area (Å²) in [5.74, 6) is 1.91. The van der Waals surface area contributed by atoms with Crippen molar-refractivity contribution in [3.8, 4) is 0 Å². The maximum absolute atomic E-state index is 6.47. The van der Waals surface area contributed by atoms with E-state index in [1.165, 1.54) is 16.8 Å². The van der Waals surface area contributed by atoms with Gasteiger partial charge in [-0.3, -0.25) is 0 Å². The second-order valence-corrected chi connectivity index (χ2v) is 7.25. The zero-order valence-electron chi connectivity index (χ0n) is 15.8. The molecule has 3 aromatic rings. The van der Waals surface area contributed by atoms with Crippen LogP contribution < -0.4 is 16.0 Å². The molecule has 5 heteroatoms. The predicted molar refractivity (Wildman–Crippen MR) is 112 cm³/mol. The Bertz CT molecular complexity index is 934. The fourth-order valence-electron chi connectivity index (χ4n) is 3.54. The fraction of sp³-hybridized carbons (Fsp3) is 0.273. The Morgan fingerprint density at radius 3 is 2.59 bits per heavy atom. The number of nitrogens with one attached hydrogen (secondary N) is 1. The average molecular weight is 359 g/mol. The smallest absolute Gasteiger partial charge is 0.161 e. The highest BCUT2D eigenvalue weighted by atomic mass is 15.2. The molecule has 0 saturated heterocycles. The molecule has 2 aromatic carbocycles. The summed E-state index contributed by atoms with van der Waals surface area (Å²) in [6.07, 6.45) is 3.75. The monoisotopic (exact) mass is 359 g/mol. The number of nitrogen functional groups attached to an aromatic ring is 1. The van der Waals surface area contributed by atoms with E-state index in [0.29, 0.717) is 17.4 Å². The van der Waals surface area contributed by atoms with Gasteiger partial charge in [0.25, 0.3) is 0 Å². The van der Waals surface area contributed by atoms with Gasteiger partial charge in [0.05, 0.1) is 0 Å². The molecule has 0 aliphatic carbocycles. The molecule has 0 saturated carbocycles. The van der Waals surface area contributed by atoms with E-state index in [9.17, 15) is 0 Å². The molecule has 0 fully saturated rings. The van der Waals surface area contributed by atoms with Crippen LogP contribution >= 0.6 is 0 Å². The van der Waals surface area contributed by atoms with Crippen molar-refractivity contribution in [2.24, 2.45) is 0 Å². The minimum Gasteiger partial charge on any atom is -0.393 e. The molecule has 0 atom stereocenters. The lowest BCUT2D eigenvalue weighted by Gasteiger charge is -2.31. The van der Waals surface area contributed by atoms with E-state index < -0.39 is 0 Å². The maximum Gasteiger partial charge on any atom is 0.161 e. The number of anilines is 5. The first-order chi connectivity index (χ1) is 13.1. The van der Waals surface area contributed by atoms with E-state index in [4.69, 9.17) is 5.73 Å². The summed E-state index contributed by atoms with van der Waals surface area (Å²) in [6, 6.07) is 16.8. The molecular weight excluding hydrogens is 334 g/mol. The number of rotatable bonds is 4. The van der Waals surface area contributed by atoms with Crippen molar-refractivity contribution >= 4 is 28.7 Å². The third-order valence-electron chi connectivity index (χ3n) is 5.07. The van der Waals surface area contributed by atoms with Crippen LogP contribution in [0.25, 0.3) is 0 Å². The van der Waals surface area contributed by atoms with Gasteiger partial charge in [0.15, 0.2) is 11.6 Å². The molecule has 27 heavy (non-hydrogen) atoms. The number of benzene rings is 2. The van der Waals surface area contributed by atoms with Gasteiger partial charge in [0, 0.05) is 17.9 Å².